The van der Waals surface area contributed by atoms with Gasteiger partial charge in [-0.3, -0.25) is 25.2 Å². The maximum Gasteiger partial charge on any atom is 0.269 e. The number of halogens is 2. The highest BCUT2D eigenvalue weighted by atomic mass is 35.5. The largest absolute Gasteiger partial charge is 0.343 e. The Morgan fingerprint density at radius 3 is 2.11 bits per heavy atom. The van der Waals surface area contributed by atoms with Gasteiger partial charge in [0, 0.05) is 10.6 Å². The molecule has 3 N–H and O–H groups in total. The van der Waals surface area contributed by atoms with Crippen molar-refractivity contribution in [2.24, 2.45) is 0 Å². The molecule has 0 aliphatic rings. The van der Waals surface area contributed by atoms with Crippen molar-refractivity contribution < 1.29 is 14.4 Å². The fourth-order valence-electron chi connectivity index (χ4n) is 2.29. The molecular weight excluding hydrogens is 401 g/mol. The van der Waals surface area contributed by atoms with E-state index in [4.69, 9.17) is 23.2 Å². The van der Waals surface area contributed by atoms with Crippen LogP contribution in [0.2, 0.25) is 10.0 Å². The lowest BCUT2D eigenvalue weighted by atomic mass is 9.87. The molecule has 2 aromatic rings. The van der Waals surface area contributed by atoms with E-state index in [0.717, 1.165) is 5.56 Å². The highest BCUT2D eigenvalue weighted by molar-refractivity contribution is 6.36. The number of carbonyl (C=O) groups is 3. The van der Waals surface area contributed by atoms with Crippen molar-refractivity contribution in [3.8, 4) is 0 Å². The quantitative estimate of drug-likeness (QED) is 0.660. The molecule has 0 heterocycles. The average Bonchev–Trinajstić information content (AvgIpc) is 2.63. The van der Waals surface area contributed by atoms with Gasteiger partial charge in [-0.1, -0.05) is 56.1 Å². The van der Waals surface area contributed by atoms with Crippen LogP contribution in [0, 0.1) is 0 Å². The second-order valence-corrected chi connectivity index (χ2v) is 7.98. The van der Waals surface area contributed by atoms with Gasteiger partial charge in [0.1, 0.15) is 0 Å². The maximum atomic E-state index is 12.1. The van der Waals surface area contributed by atoms with Crippen LogP contribution < -0.4 is 16.2 Å². The predicted molar refractivity (Wildman–Crippen MR) is 110 cm³/mol. The Balaban J connectivity index is 1.83. The summed E-state index contributed by atoms with van der Waals surface area (Å²) >= 11 is 11.7. The van der Waals surface area contributed by atoms with E-state index in [9.17, 15) is 14.4 Å². The lowest BCUT2D eigenvalue weighted by molar-refractivity contribution is -0.120. The molecule has 0 fully saturated rings. The normalized spacial score (nSPS) is 10.9. The molecule has 2 aromatic carbocycles. The Hall–Kier alpha value is -2.57. The van der Waals surface area contributed by atoms with E-state index in [-0.39, 0.29) is 22.5 Å². The summed E-state index contributed by atoms with van der Waals surface area (Å²) in [6.07, 6.45) is 0. The molecule has 0 aromatic heterocycles. The van der Waals surface area contributed by atoms with Gasteiger partial charge in [0.05, 0.1) is 17.1 Å². The van der Waals surface area contributed by atoms with Crippen molar-refractivity contribution in [3.63, 3.8) is 0 Å². The van der Waals surface area contributed by atoms with Crippen molar-refractivity contribution in [1.29, 1.82) is 0 Å². The van der Waals surface area contributed by atoms with Crippen LogP contribution in [-0.2, 0) is 10.2 Å². The highest BCUT2D eigenvalue weighted by Crippen LogP contribution is 2.22. The minimum absolute atomic E-state index is 0.0194. The topological polar surface area (TPSA) is 87.3 Å². The lowest BCUT2D eigenvalue weighted by Crippen LogP contribution is -2.46. The molecule has 0 saturated carbocycles. The molecule has 0 saturated heterocycles. The highest BCUT2D eigenvalue weighted by Gasteiger charge is 2.15. The van der Waals surface area contributed by atoms with E-state index < -0.39 is 17.7 Å². The first-order valence-corrected chi connectivity index (χ1v) is 9.26. The number of benzene rings is 2. The Morgan fingerprint density at radius 1 is 0.893 bits per heavy atom. The molecule has 0 atom stereocenters. The number of hydrogen-bond donors (Lipinski definition) is 3. The van der Waals surface area contributed by atoms with Crippen LogP contribution in [0.1, 0.15) is 47.1 Å². The zero-order valence-electron chi connectivity index (χ0n) is 15.7. The van der Waals surface area contributed by atoms with E-state index in [2.05, 4.69) is 36.9 Å². The summed E-state index contributed by atoms with van der Waals surface area (Å²) in [7, 11) is 0. The fraction of sp³-hybridized carbons (Fsp3) is 0.250. The van der Waals surface area contributed by atoms with E-state index in [1.165, 1.54) is 18.2 Å². The monoisotopic (exact) mass is 421 g/mol. The lowest BCUT2D eigenvalue weighted by Gasteiger charge is -2.19. The summed E-state index contributed by atoms with van der Waals surface area (Å²) in [6.45, 7) is 5.90. The second kappa shape index (κ2) is 9.08. The number of nitrogens with one attached hydrogen (secondary N) is 3. The van der Waals surface area contributed by atoms with Crippen molar-refractivity contribution in [2.45, 2.75) is 26.2 Å². The molecule has 148 valence electrons. The summed E-state index contributed by atoms with van der Waals surface area (Å²) in [5.74, 6) is -1.57. The summed E-state index contributed by atoms with van der Waals surface area (Å²) in [5, 5.41) is 3.00. The van der Waals surface area contributed by atoms with Crippen LogP contribution in [-0.4, -0.2) is 24.3 Å². The summed E-state index contributed by atoms with van der Waals surface area (Å²) in [5.41, 5.74) is 6.23. The van der Waals surface area contributed by atoms with Crippen molar-refractivity contribution in [2.75, 3.05) is 6.54 Å². The van der Waals surface area contributed by atoms with Gasteiger partial charge >= 0.3 is 0 Å². The molecule has 0 aliphatic carbocycles. The van der Waals surface area contributed by atoms with Gasteiger partial charge < -0.3 is 5.32 Å². The van der Waals surface area contributed by atoms with Crippen molar-refractivity contribution >= 4 is 40.9 Å². The Bertz CT molecular complexity index is 891. The third-order valence-corrected chi connectivity index (χ3v) is 4.46. The SMILES string of the molecule is CC(C)(C)c1ccc(C(=O)NNC(=O)CNC(=O)c2ccc(Cl)cc2Cl)cc1. The molecule has 0 spiro atoms. The molecule has 0 aliphatic heterocycles. The van der Waals surface area contributed by atoms with Crippen LogP contribution in [0.15, 0.2) is 42.5 Å². The zero-order valence-corrected chi connectivity index (χ0v) is 17.2. The van der Waals surface area contributed by atoms with E-state index in [1.54, 1.807) is 12.1 Å². The zero-order chi connectivity index (χ0) is 20.9. The van der Waals surface area contributed by atoms with Crippen molar-refractivity contribution in [1.82, 2.24) is 16.2 Å². The minimum Gasteiger partial charge on any atom is -0.343 e. The summed E-state index contributed by atoms with van der Waals surface area (Å²) in [6, 6.07) is 11.5. The average molecular weight is 422 g/mol. The summed E-state index contributed by atoms with van der Waals surface area (Å²) in [4.78, 5) is 36.0. The Labute approximate surface area is 173 Å². The molecule has 0 unspecified atom stereocenters. The molecule has 8 heteroatoms. The molecular formula is C20H21Cl2N3O3. The number of amides is 3. The number of rotatable bonds is 4. The van der Waals surface area contributed by atoms with E-state index in [0.29, 0.717) is 10.6 Å². The molecule has 6 nitrogen and oxygen atoms in total. The van der Waals surface area contributed by atoms with Crippen LogP contribution >= 0.6 is 23.2 Å². The van der Waals surface area contributed by atoms with E-state index in [1.807, 2.05) is 12.1 Å². The fourth-order valence-corrected chi connectivity index (χ4v) is 2.79. The van der Waals surface area contributed by atoms with Crippen molar-refractivity contribution in [3.05, 3.63) is 69.2 Å². The van der Waals surface area contributed by atoms with Gasteiger partial charge in [-0.2, -0.15) is 0 Å². The van der Waals surface area contributed by atoms with Gasteiger partial charge in [-0.05, 0) is 41.3 Å². The number of carbonyl (C=O) groups excluding carboxylic acids is 3. The van der Waals surface area contributed by atoms with E-state index >= 15 is 0 Å². The van der Waals surface area contributed by atoms with Gasteiger partial charge in [-0.15, -0.1) is 0 Å². The second-order valence-electron chi connectivity index (χ2n) is 7.14. The van der Waals surface area contributed by atoms with Crippen LogP contribution in [0.25, 0.3) is 0 Å². The summed E-state index contributed by atoms with van der Waals surface area (Å²) < 4.78 is 0. The van der Waals surface area contributed by atoms with Gasteiger partial charge in [0.15, 0.2) is 0 Å². The first-order chi connectivity index (χ1) is 13.1. The third kappa shape index (κ3) is 5.97. The Kier molecular flexibility index (Phi) is 7.05. The molecule has 0 radical (unpaired) electrons. The van der Waals surface area contributed by atoms with Gasteiger partial charge in [-0.25, -0.2) is 0 Å². The Morgan fingerprint density at radius 2 is 1.54 bits per heavy atom. The predicted octanol–water partition coefficient (Wildman–Crippen LogP) is 3.48. The minimum atomic E-state index is -0.585. The molecule has 3 amide bonds. The van der Waals surface area contributed by atoms with Crippen LogP contribution in [0.4, 0.5) is 0 Å². The maximum absolute atomic E-state index is 12.1. The third-order valence-electron chi connectivity index (χ3n) is 3.91. The molecule has 0 bridgehead atoms. The first-order valence-electron chi connectivity index (χ1n) is 8.51. The van der Waals surface area contributed by atoms with Gasteiger partial charge in [0.25, 0.3) is 17.7 Å². The number of hydrazine groups is 1. The first kappa shape index (κ1) is 21.7. The van der Waals surface area contributed by atoms with Crippen LogP contribution in [0.5, 0.6) is 0 Å². The standard InChI is InChI=1S/C20H21Cl2N3O3/c1-20(2,3)13-6-4-12(5-7-13)18(27)25-24-17(26)11-23-19(28)15-9-8-14(21)10-16(15)22/h4-10H,11H2,1-3H3,(H,23,28)(H,24,26)(H,25,27). The molecule has 28 heavy (non-hydrogen) atoms. The smallest absolute Gasteiger partial charge is 0.269 e. The van der Waals surface area contributed by atoms with Gasteiger partial charge in [0.2, 0.25) is 0 Å². The molecule has 2 rings (SSSR count). The number of hydrogen-bond acceptors (Lipinski definition) is 3. The van der Waals surface area contributed by atoms with Crippen LogP contribution in [0.3, 0.4) is 0 Å².